The molecule has 86 valence electrons. The fraction of sp³-hybridized carbons (Fsp3) is 0.625. The Morgan fingerprint density at radius 3 is 3.00 bits per heavy atom. The van der Waals surface area contributed by atoms with Crippen molar-refractivity contribution in [2.45, 2.75) is 6.42 Å². The van der Waals surface area contributed by atoms with Gasteiger partial charge in [0.2, 0.25) is 10.0 Å². The molecule has 0 spiro atoms. The molecule has 1 aromatic rings. The fourth-order valence-corrected chi connectivity index (χ4v) is 2.50. The Labute approximate surface area is 93.5 Å². The van der Waals surface area contributed by atoms with Crippen molar-refractivity contribution in [1.29, 1.82) is 0 Å². The number of methoxy groups -OCH3 is 1. The third-order valence-electron chi connectivity index (χ3n) is 1.74. The van der Waals surface area contributed by atoms with Gasteiger partial charge < -0.3 is 4.74 Å². The van der Waals surface area contributed by atoms with Crippen LogP contribution in [0.5, 0.6) is 0 Å². The minimum atomic E-state index is -3.20. The minimum Gasteiger partial charge on any atom is -0.384 e. The van der Waals surface area contributed by atoms with Gasteiger partial charge in [-0.25, -0.2) is 18.1 Å². The summed E-state index contributed by atoms with van der Waals surface area (Å²) < 4.78 is 29.8. The average molecular weight is 250 g/mol. The van der Waals surface area contributed by atoms with Gasteiger partial charge >= 0.3 is 0 Å². The highest BCUT2D eigenvalue weighted by molar-refractivity contribution is 7.89. The number of thiazole rings is 1. The van der Waals surface area contributed by atoms with E-state index in [1.807, 2.05) is 5.38 Å². The van der Waals surface area contributed by atoms with Crippen LogP contribution in [0.15, 0.2) is 10.9 Å². The van der Waals surface area contributed by atoms with Crippen LogP contribution in [0.2, 0.25) is 0 Å². The Balaban J connectivity index is 2.24. The number of nitrogens with one attached hydrogen (secondary N) is 1. The first-order valence-corrected chi connectivity index (χ1v) is 7.07. The van der Waals surface area contributed by atoms with Gasteiger partial charge in [-0.1, -0.05) is 0 Å². The summed E-state index contributed by atoms with van der Waals surface area (Å²) in [6, 6.07) is 0. The smallest absolute Gasteiger partial charge is 0.213 e. The highest BCUT2D eigenvalue weighted by Crippen LogP contribution is 2.00. The van der Waals surface area contributed by atoms with Gasteiger partial charge in [-0.2, -0.15) is 0 Å². The van der Waals surface area contributed by atoms with E-state index in [4.69, 9.17) is 4.74 Å². The van der Waals surface area contributed by atoms with Crippen LogP contribution in [0.3, 0.4) is 0 Å². The number of hydrogen-bond donors (Lipinski definition) is 1. The van der Waals surface area contributed by atoms with Crippen molar-refractivity contribution in [3.05, 3.63) is 16.6 Å². The first-order chi connectivity index (χ1) is 7.14. The maximum atomic E-state index is 11.3. The van der Waals surface area contributed by atoms with Crippen LogP contribution in [0.1, 0.15) is 5.69 Å². The Hall–Kier alpha value is -0.500. The number of nitrogens with zero attached hydrogens (tertiary/aromatic N) is 1. The molecular weight excluding hydrogens is 236 g/mol. The summed E-state index contributed by atoms with van der Waals surface area (Å²) in [5.74, 6) is 0.000561. The molecule has 0 saturated carbocycles. The molecule has 0 radical (unpaired) electrons. The maximum absolute atomic E-state index is 11.3. The largest absolute Gasteiger partial charge is 0.384 e. The van der Waals surface area contributed by atoms with Crippen LogP contribution >= 0.6 is 11.3 Å². The van der Waals surface area contributed by atoms with E-state index in [1.165, 1.54) is 18.4 Å². The first kappa shape index (κ1) is 12.6. The summed E-state index contributed by atoms with van der Waals surface area (Å²) in [5.41, 5.74) is 2.64. The molecule has 0 aliphatic carbocycles. The second-order valence-corrected chi connectivity index (χ2v) is 5.58. The molecule has 15 heavy (non-hydrogen) atoms. The van der Waals surface area contributed by atoms with Crippen molar-refractivity contribution in [3.8, 4) is 0 Å². The lowest BCUT2D eigenvalue weighted by molar-refractivity contribution is 0.217. The van der Waals surface area contributed by atoms with E-state index in [1.54, 1.807) is 5.51 Å². The highest BCUT2D eigenvalue weighted by Gasteiger charge is 2.08. The fourth-order valence-electron chi connectivity index (χ4n) is 0.961. The van der Waals surface area contributed by atoms with Crippen molar-refractivity contribution in [2.75, 3.05) is 26.0 Å². The normalized spacial score (nSPS) is 11.8. The topological polar surface area (TPSA) is 68.3 Å². The zero-order valence-electron chi connectivity index (χ0n) is 8.47. The first-order valence-electron chi connectivity index (χ1n) is 4.47. The molecule has 0 aliphatic rings. The molecule has 0 saturated heterocycles. The summed E-state index contributed by atoms with van der Waals surface area (Å²) in [7, 11) is -1.72. The predicted octanol–water partition coefficient (Wildman–Crippen LogP) is 0.251. The summed E-state index contributed by atoms with van der Waals surface area (Å²) in [5, 5.41) is 1.91. The molecule has 5 nitrogen and oxygen atoms in total. The second-order valence-electron chi connectivity index (χ2n) is 2.94. The Morgan fingerprint density at radius 1 is 1.60 bits per heavy atom. The molecule has 1 heterocycles. The van der Waals surface area contributed by atoms with Gasteiger partial charge in [-0.3, -0.25) is 0 Å². The zero-order chi connectivity index (χ0) is 11.1. The molecule has 1 aromatic heterocycles. The Kier molecular flexibility index (Phi) is 5.16. The molecular formula is C8H14N2O3S2. The number of sulfonamides is 1. The third-order valence-corrected chi connectivity index (χ3v) is 3.73. The number of rotatable bonds is 7. The van der Waals surface area contributed by atoms with Crippen molar-refractivity contribution in [3.63, 3.8) is 0 Å². The second kappa shape index (κ2) is 6.16. The van der Waals surface area contributed by atoms with E-state index in [9.17, 15) is 8.42 Å². The molecule has 7 heteroatoms. The molecule has 0 amide bonds. The van der Waals surface area contributed by atoms with Crippen LogP contribution in [0.4, 0.5) is 0 Å². The van der Waals surface area contributed by atoms with Crippen LogP contribution < -0.4 is 4.72 Å². The van der Waals surface area contributed by atoms with E-state index >= 15 is 0 Å². The molecule has 1 N–H and O–H groups in total. The summed E-state index contributed by atoms with van der Waals surface area (Å²) >= 11 is 1.50. The third kappa shape index (κ3) is 5.22. The van der Waals surface area contributed by atoms with Crippen LogP contribution in [0.25, 0.3) is 0 Å². The lowest BCUT2D eigenvalue weighted by atomic mass is 10.3. The van der Waals surface area contributed by atoms with E-state index in [0.29, 0.717) is 13.0 Å². The molecule has 0 atom stereocenters. The molecule has 1 rings (SSSR count). The quantitative estimate of drug-likeness (QED) is 0.753. The number of hydrogen-bond acceptors (Lipinski definition) is 5. The lowest BCUT2D eigenvalue weighted by Crippen LogP contribution is -2.30. The van der Waals surface area contributed by atoms with Crippen LogP contribution in [-0.4, -0.2) is 39.4 Å². The highest BCUT2D eigenvalue weighted by atomic mass is 32.2. The van der Waals surface area contributed by atoms with Gasteiger partial charge in [0, 0.05) is 25.5 Å². The number of ether oxygens (including phenoxy) is 1. The van der Waals surface area contributed by atoms with Gasteiger partial charge in [-0.05, 0) is 0 Å². The number of aromatic nitrogens is 1. The zero-order valence-corrected chi connectivity index (χ0v) is 10.1. The SMILES string of the molecule is COCCS(=O)(=O)NCCc1cscn1. The van der Waals surface area contributed by atoms with Gasteiger partial charge in [0.25, 0.3) is 0 Å². The summed E-state index contributed by atoms with van der Waals surface area (Å²) in [6.07, 6.45) is 0.621. The Morgan fingerprint density at radius 2 is 2.40 bits per heavy atom. The van der Waals surface area contributed by atoms with Crippen molar-refractivity contribution in [1.82, 2.24) is 9.71 Å². The molecule has 0 unspecified atom stereocenters. The van der Waals surface area contributed by atoms with Crippen molar-refractivity contribution >= 4 is 21.4 Å². The van der Waals surface area contributed by atoms with E-state index in [-0.39, 0.29) is 12.4 Å². The van der Waals surface area contributed by atoms with Crippen molar-refractivity contribution < 1.29 is 13.2 Å². The monoisotopic (exact) mass is 250 g/mol. The standard InChI is InChI=1S/C8H14N2O3S2/c1-13-4-5-15(11,12)10-3-2-8-6-14-7-9-8/h6-7,10H,2-5H2,1H3. The van der Waals surface area contributed by atoms with E-state index in [0.717, 1.165) is 5.69 Å². The van der Waals surface area contributed by atoms with Gasteiger partial charge in [0.05, 0.1) is 23.6 Å². The summed E-state index contributed by atoms with van der Waals surface area (Å²) in [6.45, 7) is 0.599. The van der Waals surface area contributed by atoms with Gasteiger partial charge in [-0.15, -0.1) is 11.3 Å². The minimum absolute atomic E-state index is 0.000561. The summed E-state index contributed by atoms with van der Waals surface area (Å²) in [4.78, 5) is 4.06. The van der Waals surface area contributed by atoms with Crippen LogP contribution in [-0.2, 0) is 21.2 Å². The molecule has 0 fully saturated rings. The van der Waals surface area contributed by atoms with E-state index in [2.05, 4.69) is 9.71 Å². The van der Waals surface area contributed by atoms with E-state index < -0.39 is 10.0 Å². The van der Waals surface area contributed by atoms with Gasteiger partial charge in [0.15, 0.2) is 0 Å². The Bertz CT molecular complexity index is 361. The van der Waals surface area contributed by atoms with Crippen molar-refractivity contribution in [2.24, 2.45) is 0 Å². The molecule has 0 aromatic carbocycles. The van der Waals surface area contributed by atoms with Crippen LogP contribution in [0, 0.1) is 0 Å². The maximum Gasteiger partial charge on any atom is 0.213 e. The molecule has 0 aliphatic heterocycles. The predicted molar refractivity (Wildman–Crippen MR) is 59.5 cm³/mol. The molecule has 0 bridgehead atoms. The average Bonchev–Trinajstić information content (AvgIpc) is 2.67. The van der Waals surface area contributed by atoms with Gasteiger partial charge in [0.1, 0.15) is 0 Å². The lowest BCUT2D eigenvalue weighted by Gasteiger charge is -2.04.